The van der Waals surface area contributed by atoms with Crippen LogP contribution in [0, 0.1) is 11.3 Å². The van der Waals surface area contributed by atoms with Crippen LogP contribution in [0.3, 0.4) is 0 Å². The van der Waals surface area contributed by atoms with Crippen molar-refractivity contribution in [1.82, 2.24) is 10.6 Å². The van der Waals surface area contributed by atoms with Crippen molar-refractivity contribution in [3.8, 4) is 0 Å². The summed E-state index contributed by atoms with van der Waals surface area (Å²) in [4.78, 5) is 34.6. The summed E-state index contributed by atoms with van der Waals surface area (Å²) in [5, 5.41) is 14.6. The lowest BCUT2D eigenvalue weighted by atomic mass is 9.69. The fourth-order valence-electron chi connectivity index (χ4n) is 3.06. The Balaban J connectivity index is 1.61. The van der Waals surface area contributed by atoms with Gasteiger partial charge >= 0.3 is 5.97 Å². The highest BCUT2D eigenvalue weighted by atomic mass is 16.4. The molecule has 0 aromatic carbocycles. The van der Waals surface area contributed by atoms with Crippen molar-refractivity contribution >= 4 is 17.8 Å². The number of hydrogen-bond acceptors (Lipinski definition) is 3. The Morgan fingerprint density at radius 1 is 1.05 bits per heavy atom. The number of carboxylic acid groups (broad SMARTS) is 1. The molecule has 3 N–H and O–H groups in total. The quantitative estimate of drug-likeness (QED) is 0.654. The second kappa shape index (κ2) is 6.91. The number of carbonyl (C=O) groups is 3. The van der Waals surface area contributed by atoms with Crippen molar-refractivity contribution in [2.45, 2.75) is 51.4 Å². The summed E-state index contributed by atoms with van der Waals surface area (Å²) in [5.41, 5.74) is -0.761. The van der Waals surface area contributed by atoms with E-state index in [0.29, 0.717) is 19.4 Å². The number of hydrogen-bond donors (Lipinski definition) is 3. The number of carboxylic acids is 1. The molecule has 0 spiro atoms. The lowest BCUT2D eigenvalue weighted by molar-refractivity contribution is -0.154. The molecular formula is C15H24N2O4. The molecule has 2 amide bonds. The molecule has 6 nitrogen and oxygen atoms in total. The van der Waals surface area contributed by atoms with Gasteiger partial charge in [-0.25, -0.2) is 0 Å². The number of nitrogens with one attached hydrogen (secondary N) is 2. The maximum atomic E-state index is 11.8. The molecule has 118 valence electrons. The van der Waals surface area contributed by atoms with E-state index >= 15 is 0 Å². The van der Waals surface area contributed by atoms with Crippen LogP contribution in [0.5, 0.6) is 0 Å². The molecule has 0 aromatic rings. The molecule has 0 heterocycles. The van der Waals surface area contributed by atoms with Crippen molar-refractivity contribution in [1.29, 1.82) is 0 Å². The molecule has 6 heteroatoms. The summed E-state index contributed by atoms with van der Waals surface area (Å²) in [6.45, 7) is 0.513. The fraction of sp³-hybridized carbons (Fsp3) is 0.800. The summed E-state index contributed by atoms with van der Waals surface area (Å²) < 4.78 is 0. The lowest BCUT2D eigenvalue weighted by Crippen LogP contribution is -2.48. The summed E-state index contributed by atoms with van der Waals surface area (Å²) in [5.74, 6) is -0.877. The fourth-order valence-corrected chi connectivity index (χ4v) is 3.06. The first kappa shape index (κ1) is 15.8. The van der Waals surface area contributed by atoms with Gasteiger partial charge in [0.05, 0.1) is 5.41 Å². The molecule has 0 aromatic heterocycles. The second-order valence-corrected chi connectivity index (χ2v) is 6.24. The van der Waals surface area contributed by atoms with Gasteiger partial charge in [-0.05, 0) is 25.7 Å². The van der Waals surface area contributed by atoms with Gasteiger partial charge in [0, 0.05) is 25.4 Å². The van der Waals surface area contributed by atoms with E-state index < -0.39 is 11.4 Å². The van der Waals surface area contributed by atoms with Gasteiger partial charge in [-0.2, -0.15) is 0 Å². The van der Waals surface area contributed by atoms with Crippen LogP contribution in [0.2, 0.25) is 0 Å². The van der Waals surface area contributed by atoms with Crippen LogP contribution >= 0.6 is 0 Å². The normalized spacial score (nSPS) is 20.6. The molecule has 2 rings (SSSR count). The zero-order valence-corrected chi connectivity index (χ0v) is 12.3. The largest absolute Gasteiger partial charge is 0.481 e. The molecule has 2 fully saturated rings. The summed E-state index contributed by atoms with van der Waals surface area (Å²) in [6, 6.07) is 0. The third-order valence-electron chi connectivity index (χ3n) is 4.77. The van der Waals surface area contributed by atoms with E-state index in [1.807, 2.05) is 0 Å². The molecule has 0 radical (unpaired) electrons. The summed E-state index contributed by atoms with van der Waals surface area (Å²) >= 11 is 0. The van der Waals surface area contributed by atoms with Crippen LogP contribution in [0.15, 0.2) is 0 Å². The first-order valence-electron chi connectivity index (χ1n) is 7.81. The molecule has 0 saturated heterocycles. The number of carbonyl (C=O) groups excluding carboxylic acids is 2. The van der Waals surface area contributed by atoms with Crippen LogP contribution in [0.1, 0.15) is 51.4 Å². The molecule has 0 unspecified atom stereocenters. The summed E-state index contributed by atoms with van der Waals surface area (Å²) in [6.07, 6.45) is 6.46. The Bertz CT molecular complexity index is 412. The van der Waals surface area contributed by atoms with Crippen molar-refractivity contribution in [3.63, 3.8) is 0 Å². The molecule has 2 aliphatic rings. The smallest absolute Gasteiger partial charge is 0.311 e. The Morgan fingerprint density at radius 3 is 2.24 bits per heavy atom. The van der Waals surface area contributed by atoms with E-state index in [1.54, 1.807) is 0 Å². The van der Waals surface area contributed by atoms with Crippen LogP contribution < -0.4 is 10.6 Å². The van der Waals surface area contributed by atoms with Crippen LogP contribution in [-0.2, 0) is 14.4 Å². The van der Waals surface area contributed by atoms with Gasteiger partial charge in [0.2, 0.25) is 11.8 Å². The topological polar surface area (TPSA) is 95.5 Å². The molecule has 0 aliphatic heterocycles. The van der Waals surface area contributed by atoms with Crippen LogP contribution in [-0.4, -0.2) is 36.0 Å². The molecular weight excluding hydrogens is 272 g/mol. The highest BCUT2D eigenvalue weighted by Gasteiger charge is 2.44. The minimum absolute atomic E-state index is 0.0429. The van der Waals surface area contributed by atoms with E-state index in [-0.39, 0.29) is 30.7 Å². The van der Waals surface area contributed by atoms with E-state index in [4.69, 9.17) is 5.11 Å². The standard InChI is InChI=1S/C15H24N2O4/c18-12(17-10-15(14(20)21)7-3-8-15)6-9-16-13(19)11-4-1-2-5-11/h11H,1-10H2,(H,16,19)(H,17,18)(H,20,21). The highest BCUT2D eigenvalue weighted by molar-refractivity contribution is 5.81. The summed E-state index contributed by atoms with van der Waals surface area (Å²) in [7, 11) is 0. The molecule has 0 atom stereocenters. The second-order valence-electron chi connectivity index (χ2n) is 6.24. The van der Waals surface area contributed by atoms with Gasteiger partial charge in [-0.15, -0.1) is 0 Å². The van der Waals surface area contributed by atoms with Crippen LogP contribution in [0.4, 0.5) is 0 Å². The maximum Gasteiger partial charge on any atom is 0.311 e. The first-order valence-corrected chi connectivity index (χ1v) is 7.81. The van der Waals surface area contributed by atoms with E-state index in [9.17, 15) is 14.4 Å². The Kier molecular flexibility index (Phi) is 5.20. The van der Waals surface area contributed by atoms with Gasteiger partial charge in [0.25, 0.3) is 0 Å². The van der Waals surface area contributed by atoms with Gasteiger partial charge in [0.1, 0.15) is 0 Å². The average molecular weight is 296 g/mol. The van der Waals surface area contributed by atoms with Crippen molar-refractivity contribution in [2.75, 3.05) is 13.1 Å². The third kappa shape index (κ3) is 3.95. The SMILES string of the molecule is O=C(CCNC(=O)C1CCCC1)NCC1(C(=O)O)CCC1. The highest BCUT2D eigenvalue weighted by Crippen LogP contribution is 2.40. The Morgan fingerprint density at radius 2 is 1.71 bits per heavy atom. The number of amides is 2. The molecule has 2 saturated carbocycles. The monoisotopic (exact) mass is 296 g/mol. The predicted molar refractivity (Wildman–Crippen MR) is 76.5 cm³/mol. The van der Waals surface area contributed by atoms with Gasteiger partial charge in [0.15, 0.2) is 0 Å². The Hall–Kier alpha value is -1.59. The molecule has 2 aliphatic carbocycles. The van der Waals surface area contributed by atoms with Crippen molar-refractivity contribution in [3.05, 3.63) is 0 Å². The van der Waals surface area contributed by atoms with E-state index in [0.717, 1.165) is 32.1 Å². The maximum absolute atomic E-state index is 11.8. The predicted octanol–water partition coefficient (Wildman–Crippen LogP) is 1.05. The third-order valence-corrected chi connectivity index (χ3v) is 4.77. The molecule has 0 bridgehead atoms. The van der Waals surface area contributed by atoms with Crippen molar-refractivity contribution < 1.29 is 19.5 Å². The van der Waals surface area contributed by atoms with E-state index in [1.165, 1.54) is 0 Å². The number of aliphatic carboxylic acids is 1. The molecule has 21 heavy (non-hydrogen) atoms. The number of rotatable bonds is 7. The zero-order valence-electron chi connectivity index (χ0n) is 12.3. The minimum Gasteiger partial charge on any atom is -0.481 e. The van der Waals surface area contributed by atoms with E-state index in [2.05, 4.69) is 10.6 Å². The average Bonchev–Trinajstić information content (AvgIpc) is 2.90. The van der Waals surface area contributed by atoms with Gasteiger partial charge < -0.3 is 15.7 Å². The first-order chi connectivity index (χ1) is 10.0. The van der Waals surface area contributed by atoms with Crippen molar-refractivity contribution in [2.24, 2.45) is 11.3 Å². The zero-order chi connectivity index (χ0) is 15.3. The minimum atomic E-state index is -0.830. The van der Waals surface area contributed by atoms with Gasteiger partial charge in [-0.1, -0.05) is 19.3 Å². The van der Waals surface area contributed by atoms with Gasteiger partial charge in [-0.3, -0.25) is 14.4 Å². The van der Waals surface area contributed by atoms with Crippen LogP contribution in [0.25, 0.3) is 0 Å². The Labute approximate surface area is 124 Å². The lowest BCUT2D eigenvalue weighted by Gasteiger charge is -2.37.